The highest BCUT2D eigenvalue weighted by atomic mass is 79.9. The fourth-order valence-electron chi connectivity index (χ4n) is 3.16. The van der Waals surface area contributed by atoms with Gasteiger partial charge in [-0.05, 0) is 42.8 Å². The first-order chi connectivity index (χ1) is 11.6. The topological polar surface area (TPSA) is 49.0 Å². The Bertz CT molecular complexity index is 936. The smallest absolute Gasteiger partial charge is 0.280 e. The highest BCUT2D eigenvalue weighted by Gasteiger charge is 2.42. The number of amides is 1. The van der Waals surface area contributed by atoms with Crippen LogP contribution in [0.2, 0.25) is 5.02 Å². The first-order valence-electron chi connectivity index (χ1n) is 7.46. The van der Waals surface area contributed by atoms with Gasteiger partial charge in [0.15, 0.2) is 5.69 Å². The van der Waals surface area contributed by atoms with Crippen LogP contribution >= 0.6 is 27.5 Å². The van der Waals surface area contributed by atoms with E-state index in [0.29, 0.717) is 10.7 Å². The molecule has 0 unspecified atom stereocenters. The van der Waals surface area contributed by atoms with E-state index in [2.05, 4.69) is 26.1 Å². The highest BCUT2D eigenvalue weighted by Crippen LogP contribution is 2.44. The lowest BCUT2D eigenvalue weighted by Gasteiger charge is -2.27. The van der Waals surface area contributed by atoms with Crippen LogP contribution < -0.4 is 4.90 Å². The lowest BCUT2D eigenvalue weighted by molar-refractivity contribution is 0.0989. The minimum atomic E-state index is -0.291. The first-order valence-corrected chi connectivity index (χ1v) is 8.63. The molecular formula is C18H13BrClN3O. The predicted molar refractivity (Wildman–Crippen MR) is 97.6 cm³/mol. The third-order valence-corrected chi connectivity index (χ3v) is 5.13. The maximum atomic E-state index is 13.0. The Hall–Kier alpha value is -2.11. The molecule has 4 nitrogen and oxygen atoms in total. The number of nitrogens with one attached hydrogen (secondary N) is 1. The van der Waals surface area contributed by atoms with Gasteiger partial charge in [-0.3, -0.25) is 14.8 Å². The monoisotopic (exact) mass is 401 g/mol. The number of anilines is 1. The van der Waals surface area contributed by atoms with E-state index in [4.69, 9.17) is 11.6 Å². The maximum absolute atomic E-state index is 13.0. The summed E-state index contributed by atoms with van der Waals surface area (Å²) in [5.74, 6) is -0.124. The Morgan fingerprint density at radius 3 is 2.58 bits per heavy atom. The molecule has 3 aromatic rings. The van der Waals surface area contributed by atoms with Gasteiger partial charge in [0, 0.05) is 26.4 Å². The van der Waals surface area contributed by atoms with E-state index >= 15 is 0 Å². The predicted octanol–water partition coefficient (Wildman–Crippen LogP) is 4.88. The molecule has 0 saturated carbocycles. The van der Waals surface area contributed by atoms with Crippen LogP contribution in [0.1, 0.15) is 33.4 Å². The number of benzene rings is 2. The molecule has 1 N–H and O–H groups in total. The summed E-state index contributed by atoms with van der Waals surface area (Å²) in [6, 6.07) is 15.0. The van der Waals surface area contributed by atoms with Gasteiger partial charge >= 0.3 is 0 Å². The number of nitrogens with zero attached hydrogens (tertiary/aromatic N) is 2. The summed E-state index contributed by atoms with van der Waals surface area (Å²) in [5, 5.41) is 7.76. The van der Waals surface area contributed by atoms with E-state index in [0.717, 1.165) is 27.0 Å². The van der Waals surface area contributed by atoms with E-state index in [1.165, 1.54) is 0 Å². The summed E-state index contributed by atoms with van der Waals surface area (Å²) < 4.78 is 0.960. The van der Waals surface area contributed by atoms with E-state index in [9.17, 15) is 4.79 Å². The number of carbonyl (C=O) groups is 1. The Kier molecular flexibility index (Phi) is 3.70. The third kappa shape index (κ3) is 2.27. The zero-order chi connectivity index (χ0) is 16.8. The number of halogens is 2. The van der Waals surface area contributed by atoms with Gasteiger partial charge in [0.2, 0.25) is 0 Å². The van der Waals surface area contributed by atoms with Crippen LogP contribution in [0, 0.1) is 6.92 Å². The first kappa shape index (κ1) is 15.4. The van der Waals surface area contributed by atoms with Gasteiger partial charge in [-0.15, -0.1) is 0 Å². The zero-order valence-corrected chi connectivity index (χ0v) is 15.1. The van der Waals surface area contributed by atoms with Crippen LogP contribution in [0.4, 0.5) is 5.69 Å². The molecular weight excluding hydrogens is 390 g/mol. The van der Waals surface area contributed by atoms with Crippen molar-refractivity contribution in [2.75, 3.05) is 4.90 Å². The number of hydrogen-bond donors (Lipinski definition) is 1. The van der Waals surface area contributed by atoms with Gasteiger partial charge < -0.3 is 0 Å². The van der Waals surface area contributed by atoms with Crippen molar-refractivity contribution in [1.29, 1.82) is 0 Å². The fraction of sp³-hybridized carbons (Fsp3) is 0.111. The van der Waals surface area contributed by atoms with Gasteiger partial charge in [-0.25, -0.2) is 0 Å². The Morgan fingerprint density at radius 1 is 1.17 bits per heavy atom. The van der Waals surface area contributed by atoms with Gasteiger partial charge in [0.05, 0.1) is 6.04 Å². The quantitative estimate of drug-likeness (QED) is 0.664. The Labute approximate surface area is 152 Å². The zero-order valence-electron chi connectivity index (χ0n) is 12.8. The van der Waals surface area contributed by atoms with Crippen LogP contribution in [-0.2, 0) is 0 Å². The summed E-state index contributed by atoms with van der Waals surface area (Å²) in [7, 11) is 0. The molecule has 0 spiro atoms. The summed E-state index contributed by atoms with van der Waals surface area (Å²) in [6.45, 7) is 1.92. The van der Waals surface area contributed by atoms with Crippen molar-refractivity contribution in [3.8, 4) is 0 Å². The second-order valence-electron chi connectivity index (χ2n) is 5.69. The second-order valence-corrected chi connectivity index (χ2v) is 7.01. The van der Waals surface area contributed by atoms with Crippen molar-refractivity contribution in [2.45, 2.75) is 13.0 Å². The molecule has 0 radical (unpaired) electrons. The average molecular weight is 403 g/mol. The van der Waals surface area contributed by atoms with E-state index in [-0.39, 0.29) is 11.9 Å². The van der Waals surface area contributed by atoms with Crippen molar-refractivity contribution < 1.29 is 4.79 Å². The highest BCUT2D eigenvalue weighted by molar-refractivity contribution is 9.10. The van der Waals surface area contributed by atoms with Crippen LogP contribution in [0.15, 0.2) is 53.0 Å². The van der Waals surface area contributed by atoms with Crippen molar-refractivity contribution in [2.24, 2.45) is 0 Å². The number of aryl methyl sites for hydroxylation is 1. The van der Waals surface area contributed by atoms with Gasteiger partial charge in [0.25, 0.3) is 5.91 Å². The van der Waals surface area contributed by atoms with Crippen molar-refractivity contribution in [3.05, 3.63) is 80.5 Å². The number of hydrogen-bond acceptors (Lipinski definition) is 2. The molecule has 0 fully saturated rings. The molecule has 1 aliphatic heterocycles. The van der Waals surface area contributed by atoms with E-state index in [1.54, 1.807) is 4.90 Å². The van der Waals surface area contributed by atoms with Crippen molar-refractivity contribution >= 4 is 39.1 Å². The van der Waals surface area contributed by atoms with Gasteiger partial charge in [0.1, 0.15) is 0 Å². The number of H-pyrrole nitrogens is 1. The number of fused-ring (bicyclic) bond motifs is 1. The van der Waals surface area contributed by atoms with Crippen LogP contribution in [0.3, 0.4) is 0 Å². The molecule has 2 heterocycles. The normalized spacial score (nSPS) is 16.5. The minimum Gasteiger partial charge on any atom is -0.295 e. The van der Waals surface area contributed by atoms with Crippen LogP contribution in [0.5, 0.6) is 0 Å². The molecule has 2 aromatic carbocycles. The molecule has 1 atom stereocenters. The summed E-state index contributed by atoms with van der Waals surface area (Å²) in [6.07, 6.45) is 0. The van der Waals surface area contributed by atoms with Crippen LogP contribution in [-0.4, -0.2) is 16.1 Å². The largest absolute Gasteiger partial charge is 0.295 e. The Balaban J connectivity index is 1.94. The standard InChI is InChI=1S/C18H13BrClN3O/c1-10-15-16(22-21-10)18(24)23(12-8-6-11(19)7-9-12)17(15)13-4-2-3-5-14(13)20/h2-9,17H,1H3,(H,21,22)/t17-/m1/s1. The average Bonchev–Trinajstić information content (AvgIpc) is 3.08. The molecule has 24 heavy (non-hydrogen) atoms. The molecule has 1 amide bonds. The molecule has 1 aliphatic rings. The third-order valence-electron chi connectivity index (χ3n) is 4.25. The molecule has 6 heteroatoms. The van der Waals surface area contributed by atoms with Gasteiger partial charge in [-0.1, -0.05) is 45.7 Å². The molecule has 1 aromatic heterocycles. The minimum absolute atomic E-state index is 0.124. The number of aromatic amines is 1. The van der Waals surface area contributed by atoms with E-state index in [1.807, 2.05) is 55.5 Å². The lowest BCUT2D eigenvalue weighted by atomic mass is 9.99. The summed E-state index contributed by atoms with van der Waals surface area (Å²) >= 11 is 9.87. The summed E-state index contributed by atoms with van der Waals surface area (Å²) in [5.41, 5.74) is 3.92. The number of aromatic nitrogens is 2. The molecule has 0 bridgehead atoms. The fourth-order valence-corrected chi connectivity index (χ4v) is 3.66. The maximum Gasteiger partial charge on any atom is 0.280 e. The molecule has 0 aliphatic carbocycles. The Morgan fingerprint density at radius 2 is 1.88 bits per heavy atom. The lowest BCUT2D eigenvalue weighted by Crippen LogP contribution is -2.29. The number of rotatable bonds is 2. The summed E-state index contributed by atoms with van der Waals surface area (Å²) in [4.78, 5) is 14.7. The molecule has 120 valence electrons. The number of carbonyl (C=O) groups excluding carboxylic acids is 1. The van der Waals surface area contributed by atoms with Crippen molar-refractivity contribution in [1.82, 2.24) is 10.2 Å². The molecule has 4 rings (SSSR count). The SMILES string of the molecule is Cc1[nH]nc2c1[C@@H](c1ccccc1Cl)N(c1ccc(Br)cc1)C2=O. The van der Waals surface area contributed by atoms with Crippen LogP contribution in [0.25, 0.3) is 0 Å². The van der Waals surface area contributed by atoms with Crippen molar-refractivity contribution in [3.63, 3.8) is 0 Å². The van der Waals surface area contributed by atoms with Gasteiger partial charge in [-0.2, -0.15) is 5.10 Å². The second kappa shape index (κ2) is 5.76. The van der Waals surface area contributed by atoms with E-state index < -0.39 is 0 Å². The molecule has 0 saturated heterocycles.